The van der Waals surface area contributed by atoms with Crippen LogP contribution in [0.1, 0.15) is 5.69 Å². The molecule has 0 spiro atoms. The second kappa shape index (κ2) is 6.04. The molecule has 1 aromatic heterocycles. The van der Waals surface area contributed by atoms with E-state index in [9.17, 15) is 0 Å². The minimum absolute atomic E-state index is 0.0991. The second-order valence-corrected chi connectivity index (χ2v) is 4.01. The lowest BCUT2D eigenvalue weighted by molar-refractivity contribution is 0.394. The van der Waals surface area contributed by atoms with Crippen LogP contribution in [-0.2, 0) is 13.1 Å². The van der Waals surface area contributed by atoms with Crippen LogP contribution in [-0.4, -0.2) is 29.2 Å². The summed E-state index contributed by atoms with van der Waals surface area (Å²) in [5, 5.41) is 16.8. The van der Waals surface area contributed by atoms with Crippen LogP contribution in [0.5, 0.6) is 11.5 Å². The number of rotatable bonds is 5. The van der Waals surface area contributed by atoms with Crippen LogP contribution in [0.2, 0.25) is 0 Å². The summed E-state index contributed by atoms with van der Waals surface area (Å²) in [5.74, 6) is 1.29. The van der Waals surface area contributed by atoms with E-state index in [0.717, 1.165) is 5.56 Å². The third-order valence-electron chi connectivity index (χ3n) is 2.84. The summed E-state index contributed by atoms with van der Waals surface area (Å²) >= 11 is 0. The van der Waals surface area contributed by atoms with Gasteiger partial charge in [0.25, 0.3) is 0 Å². The molecule has 0 aliphatic carbocycles. The standard InChI is InChI=1S/C13H15N5O2/c1-19-10-5-9(6-11(7-10)20-2)13-12(8-15)16-17-18(13)4-3-14/h5-7H,4,8,15H2,1-2H3. The van der Waals surface area contributed by atoms with Crippen molar-refractivity contribution in [3.05, 3.63) is 23.9 Å². The molecule has 2 rings (SSSR count). The molecule has 2 N–H and O–H groups in total. The average Bonchev–Trinajstić information content (AvgIpc) is 2.89. The molecule has 0 atom stereocenters. The number of nitriles is 1. The van der Waals surface area contributed by atoms with Crippen molar-refractivity contribution in [3.8, 4) is 28.8 Å². The van der Waals surface area contributed by atoms with Crippen molar-refractivity contribution in [2.75, 3.05) is 14.2 Å². The smallest absolute Gasteiger partial charge is 0.130 e. The molecule has 2 aromatic rings. The molecule has 0 aliphatic heterocycles. The summed E-state index contributed by atoms with van der Waals surface area (Å²) in [7, 11) is 3.15. The van der Waals surface area contributed by atoms with E-state index in [1.165, 1.54) is 4.68 Å². The molecule has 0 bridgehead atoms. The van der Waals surface area contributed by atoms with Gasteiger partial charge < -0.3 is 15.2 Å². The average molecular weight is 273 g/mol. The minimum atomic E-state index is 0.0991. The summed E-state index contributed by atoms with van der Waals surface area (Å²) in [6.07, 6.45) is 0. The van der Waals surface area contributed by atoms with Crippen LogP contribution in [0.25, 0.3) is 11.3 Å². The molecule has 0 amide bonds. The van der Waals surface area contributed by atoms with Crippen LogP contribution in [0.3, 0.4) is 0 Å². The van der Waals surface area contributed by atoms with Crippen LogP contribution < -0.4 is 15.2 Å². The zero-order chi connectivity index (χ0) is 14.5. The van der Waals surface area contributed by atoms with E-state index in [4.69, 9.17) is 20.5 Å². The highest BCUT2D eigenvalue weighted by atomic mass is 16.5. The minimum Gasteiger partial charge on any atom is -0.497 e. The van der Waals surface area contributed by atoms with Crippen LogP contribution >= 0.6 is 0 Å². The van der Waals surface area contributed by atoms with Gasteiger partial charge in [-0.05, 0) is 12.1 Å². The molecule has 0 saturated carbocycles. The molecule has 20 heavy (non-hydrogen) atoms. The van der Waals surface area contributed by atoms with E-state index in [1.807, 2.05) is 18.2 Å². The summed E-state index contributed by atoms with van der Waals surface area (Å²) in [6, 6.07) is 7.47. The lowest BCUT2D eigenvalue weighted by Gasteiger charge is -2.10. The zero-order valence-electron chi connectivity index (χ0n) is 11.3. The molecule has 0 saturated heterocycles. The summed E-state index contributed by atoms with van der Waals surface area (Å²) < 4.78 is 12.0. The molecule has 1 heterocycles. The first-order valence-corrected chi connectivity index (χ1v) is 5.96. The normalized spacial score (nSPS) is 10.1. The third kappa shape index (κ3) is 2.55. The largest absolute Gasteiger partial charge is 0.497 e. The topological polar surface area (TPSA) is 99.0 Å². The highest BCUT2D eigenvalue weighted by Crippen LogP contribution is 2.30. The van der Waals surface area contributed by atoms with Gasteiger partial charge in [0.15, 0.2) is 0 Å². The van der Waals surface area contributed by atoms with Crippen molar-refractivity contribution in [3.63, 3.8) is 0 Å². The van der Waals surface area contributed by atoms with Gasteiger partial charge >= 0.3 is 0 Å². The molecular formula is C13H15N5O2. The third-order valence-corrected chi connectivity index (χ3v) is 2.84. The van der Waals surface area contributed by atoms with Gasteiger partial charge in [0.1, 0.15) is 23.7 Å². The monoisotopic (exact) mass is 273 g/mol. The molecule has 7 heteroatoms. The Hall–Kier alpha value is -2.59. The van der Waals surface area contributed by atoms with Crippen molar-refractivity contribution >= 4 is 0 Å². The van der Waals surface area contributed by atoms with Crippen molar-refractivity contribution < 1.29 is 9.47 Å². The van der Waals surface area contributed by atoms with Crippen LogP contribution in [0, 0.1) is 11.3 Å². The van der Waals surface area contributed by atoms with Gasteiger partial charge in [-0.1, -0.05) is 5.21 Å². The first kappa shape index (κ1) is 13.8. The van der Waals surface area contributed by atoms with Gasteiger partial charge in [0, 0.05) is 18.2 Å². The van der Waals surface area contributed by atoms with Crippen LogP contribution in [0.15, 0.2) is 18.2 Å². The van der Waals surface area contributed by atoms with Gasteiger partial charge in [-0.25, -0.2) is 4.68 Å². The van der Waals surface area contributed by atoms with E-state index in [0.29, 0.717) is 22.9 Å². The van der Waals surface area contributed by atoms with E-state index in [2.05, 4.69) is 10.3 Å². The number of ether oxygens (including phenoxy) is 2. The Morgan fingerprint density at radius 2 is 1.90 bits per heavy atom. The van der Waals surface area contributed by atoms with E-state index >= 15 is 0 Å². The predicted molar refractivity (Wildman–Crippen MR) is 72.1 cm³/mol. The fourth-order valence-corrected chi connectivity index (χ4v) is 1.92. The maximum Gasteiger partial charge on any atom is 0.130 e. The molecular weight excluding hydrogens is 258 g/mol. The predicted octanol–water partition coefficient (Wildman–Crippen LogP) is 0.945. The Bertz CT molecular complexity index is 622. The van der Waals surface area contributed by atoms with Crippen molar-refractivity contribution in [1.29, 1.82) is 5.26 Å². The van der Waals surface area contributed by atoms with Gasteiger partial charge in [-0.2, -0.15) is 5.26 Å². The summed E-state index contributed by atoms with van der Waals surface area (Å²) in [4.78, 5) is 0. The van der Waals surface area contributed by atoms with E-state index in [-0.39, 0.29) is 13.1 Å². The Balaban J connectivity index is 2.60. The van der Waals surface area contributed by atoms with Gasteiger partial charge in [-0.3, -0.25) is 0 Å². The molecule has 7 nitrogen and oxygen atoms in total. The number of hydrogen-bond donors (Lipinski definition) is 1. The highest BCUT2D eigenvalue weighted by molar-refractivity contribution is 5.66. The molecule has 0 fully saturated rings. The Kier molecular flexibility index (Phi) is 4.17. The van der Waals surface area contributed by atoms with Gasteiger partial charge in [0.2, 0.25) is 0 Å². The fraction of sp³-hybridized carbons (Fsp3) is 0.308. The zero-order valence-corrected chi connectivity index (χ0v) is 11.3. The first-order valence-electron chi connectivity index (χ1n) is 5.96. The highest BCUT2D eigenvalue weighted by Gasteiger charge is 2.15. The number of methoxy groups -OCH3 is 2. The Morgan fingerprint density at radius 3 is 2.40 bits per heavy atom. The lowest BCUT2D eigenvalue weighted by Crippen LogP contribution is -2.04. The SMILES string of the molecule is COc1cc(OC)cc(-c2c(CN)nnn2CC#N)c1. The van der Waals surface area contributed by atoms with E-state index in [1.54, 1.807) is 20.3 Å². The molecule has 1 aromatic carbocycles. The van der Waals surface area contributed by atoms with Crippen molar-refractivity contribution in [2.24, 2.45) is 5.73 Å². The number of nitrogens with zero attached hydrogens (tertiary/aromatic N) is 4. The van der Waals surface area contributed by atoms with Gasteiger partial charge in [-0.15, -0.1) is 5.10 Å². The number of aromatic nitrogens is 3. The Morgan fingerprint density at radius 1 is 1.25 bits per heavy atom. The van der Waals surface area contributed by atoms with Crippen molar-refractivity contribution in [1.82, 2.24) is 15.0 Å². The molecule has 0 radical (unpaired) electrons. The first-order chi connectivity index (χ1) is 9.73. The molecule has 0 aliphatic rings. The van der Waals surface area contributed by atoms with Crippen molar-refractivity contribution in [2.45, 2.75) is 13.1 Å². The maximum atomic E-state index is 8.86. The molecule has 0 unspecified atom stereocenters. The maximum absolute atomic E-state index is 8.86. The Labute approximate surface area is 116 Å². The quantitative estimate of drug-likeness (QED) is 0.870. The van der Waals surface area contributed by atoms with Gasteiger partial charge in [0.05, 0.1) is 26.0 Å². The van der Waals surface area contributed by atoms with Crippen LogP contribution in [0.4, 0.5) is 0 Å². The second-order valence-electron chi connectivity index (χ2n) is 4.01. The summed E-state index contributed by atoms with van der Waals surface area (Å²) in [5.41, 5.74) is 7.79. The number of benzene rings is 1. The number of hydrogen-bond acceptors (Lipinski definition) is 6. The number of nitrogens with two attached hydrogens (primary N) is 1. The summed E-state index contributed by atoms with van der Waals surface area (Å²) in [6.45, 7) is 0.335. The lowest BCUT2D eigenvalue weighted by atomic mass is 10.1. The van der Waals surface area contributed by atoms with E-state index < -0.39 is 0 Å². The molecule has 104 valence electrons. The fourth-order valence-electron chi connectivity index (χ4n) is 1.92.